The number of thiocarbonyl (C=S) groups is 1. The second-order valence-electron chi connectivity index (χ2n) is 6.46. The molecule has 2 aromatic carbocycles. The van der Waals surface area contributed by atoms with Crippen molar-refractivity contribution in [2.75, 3.05) is 6.61 Å². The molecule has 0 radical (unpaired) electrons. The topological polar surface area (TPSA) is 141 Å². The molecule has 0 aromatic heterocycles. The van der Waals surface area contributed by atoms with E-state index in [0.717, 1.165) is 12.1 Å². The van der Waals surface area contributed by atoms with Crippen LogP contribution < -0.4 is 9.47 Å². The SMILES string of the molecule is O=[N+]([O-])c1ccc(OC(=S)O[C@H]2[C@@H](O)[C@@H](CO)O[C@H](Oc3ccc(F)cc3)[C@@H]2O)cc1. The molecule has 1 aliphatic rings. The predicted octanol–water partition coefficient (Wildman–Crippen LogP) is 1.30. The second-order valence-corrected chi connectivity index (χ2v) is 6.80. The largest absolute Gasteiger partial charge is 0.462 e. The Morgan fingerprint density at radius 3 is 2.29 bits per heavy atom. The number of rotatable bonds is 6. The summed E-state index contributed by atoms with van der Waals surface area (Å²) in [6.07, 6.45) is -7.02. The van der Waals surface area contributed by atoms with Crippen molar-refractivity contribution >= 4 is 23.1 Å². The molecule has 0 spiro atoms. The molecular formula is C19H18FNO9S. The van der Waals surface area contributed by atoms with Crippen LogP contribution in [0.3, 0.4) is 0 Å². The Morgan fingerprint density at radius 1 is 1.10 bits per heavy atom. The summed E-state index contributed by atoms with van der Waals surface area (Å²) in [5.74, 6) is -0.192. The fraction of sp³-hybridized carbons (Fsp3) is 0.316. The van der Waals surface area contributed by atoms with Gasteiger partial charge in [-0.2, -0.15) is 0 Å². The number of hydrogen-bond acceptors (Lipinski definition) is 10. The van der Waals surface area contributed by atoms with Crippen LogP contribution >= 0.6 is 12.2 Å². The highest BCUT2D eigenvalue weighted by atomic mass is 32.1. The number of aliphatic hydroxyl groups is 3. The normalized spacial score (nSPS) is 25.5. The third-order valence-corrected chi connectivity index (χ3v) is 4.55. The monoisotopic (exact) mass is 455 g/mol. The first-order valence-electron chi connectivity index (χ1n) is 8.96. The van der Waals surface area contributed by atoms with Gasteiger partial charge >= 0.3 is 5.24 Å². The first-order chi connectivity index (χ1) is 14.8. The van der Waals surface area contributed by atoms with Crippen molar-refractivity contribution in [2.24, 2.45) is 0 Å². The second kappa shape index (κ2) is 9.94. The zero-order valence-corrected chi connectivity index (χ0v) is 16.6. The zero-order valence-electron chi connectivity index (χ0n) is 15.7. The maximum Gasteiger partial charge on any atom is 0.358 e. The number of nitrogens with zero attached hydrogens (tertiary/aromatic N) is 1. The highest BCUT2D eigenvalue weighted by Gasteiger charge is 2.47. The van der Waals surface area contributed by atoms with Gasteiger partial charge in [0, 0.05) is 24.4 Å². The summed E-state index contributed by atoms with van der Waals surface area (Å²) in [6, 6.07) is 9.89. The summed E-state index contributed by atoms with van der Waals surface area (Å²) in [5, 5.41) is 40.6. The summed E-state index contributed by atoms with van der Waals surface area (Å²) >= 11 is 4.98. The van der Waals surface area contributed by atoms with Crippen LogP contribution in [0.25, 0.3) is 0 Å². The Labute approximate surface area is 180 Å². The molecule has 166 valence electrons. The van der Waals surface area contributed by atoms with E-state index in [1.807, 2.05) is 0 Å². The van der Waals surface area contributed by atoms with Crippen LogP contribution in [0.1, 0.15) is 0 Å². The number of aliphatic hydroxyl groups excluding tert-OH is 3. The van der Waals surface area contributed by atoms with E-state index in [1.165, 1.54) is 36.4 Å². The van der Waals surface area contributed by atoms with E-state index >= 15 is 0 Å². The molecule has 10 nitrogen and oxygen atoms in total. The van der Waals surface area contributed by atoms with Crippen LogP contribution in [0, 0.1) is 15.9 Å². The van der Waals surface area contributed by atoms with Crippen LogP contribution in [-0.2, 0) is 9.47 Å². The minimum atomic E-state index is -1.57. The van der Waals surface area contributed by atoms with Crippen molar-refractivity contribution < 1.29 is 43.6 Å². The fourth-order valence-corrected chi connectivity index (χ4v) is 3.01. The molecule has 31 heavy (non-hydrogen) atoms. The molecule has 5 atom stereocenters. The molecule has 0 saturated carbocycles. The van der Waals surface area contributed by atoms with E-state index in [2.05, 4.69) is 0 Å². The van der Waals surface area contributed by atoms with E-state index in [1.54, 1.807) is 0 Å². The molecule has 0 aliphatic carbocycles. The summed E-state index contributed by atoms with van der Waals surface area (Å²) in [4.78, 5) is 10.1. The standard InChI is InChI=1S/C19H18FNO9S/c20-10-1-5-12(6-2-10)27-18-16(24)17(15(23)14(9-22)29-18)30-19(31)28-13-7-3-11(4-8-13)21(25)26/h1-8,14-18,22-24H,9H2/t14-,15+,16-,17+,18+/m1/s1. The van der Waals surface area contributed by atoms with Crippen LogP contribution in [0.2, 0.25) is 0 Å². The molecule has 3 N–H and O–H groups in total. The van der Waals surface area contributed by atoms with Crippen LogP contribution in [-0.4, -0.2) is 62.8 Å². The predicted molar refractivity (Wildman–Crippen MR) is 106 cm³/mol. The van der Waals surface area contributed by atoms with Gasteiger partial charge in [0.1, 0.15) is 29.5 Å². The third kappa shape index (κ3) is 5.62. The first kappa shape index (κ1) is 22.8. The molecular weight excluding hydrogens is 437 g/mol. The molecule has 1 fully saturated rings. The molecule has 0 amide bonds. The number of benzene rings is 2. The van der Waals surface area contributed by atoms with Gasteiger partial charge in [0.25, 0.3) is 5.69 Å². The number of hydrogen-bond donors (Lipinski definition) is 3. The average Bonchev–Trinajstić information content (AvgIpc) is 2.75. The Hall–Kier alpha value is -2.90. The van der Waals surface area contributed by atoms with Crippen LogP contribution in [0.4, 0.5) is 10.1 Å². The maximum absolute atomic E-state index is 13.1. The Balaban J connectivity index is 1.68. The van der Waals surface area contributed by atoms with E-state index in [9.17, 15) is 29.8 Å². The fourth-order valence-electron chi connectivity index (χ4n) is 2.80. The lowest BCUT2D eigenvalue weighted by molar-refractivity contribution is -0.384. The number of halogens is 1. The highest BCUT2D eigenvalue weighted by molar-refractivity contribution is 7.79. The van der Waals surface area contributed by atoms with Crippen molar-refractivity contribution in [2.45, 2.75) is 30.7 Å². The van der Waals surface area contributed by atoms with Gasteiger partial charge in [-0.15, -0.1) is 0 Å². The molecule has 0 unspecified atom stereocenters. The quantitative estimate of drug-likeness (QED) is 0.332. The molecule has 12 heteroatoms. The average molecular weight is 455 g/mol. The minimum Gasteiger partial charge on any atom is -0.462 e. The molecule has 3 rings (SSSR count). The van der Waals surface area contributed by atoms with Crippen molar-refractivity contribution in [1.82, 2.24) is 0 Å². The van der Waals surface area contributed by atoms with Crippen molar-refractivity contribution in [3.63, 3.8) is 0 Å². The Morgan fingerprint density at radius 2 is 1.71 bits per heavy atom. The van der Waals surface area contributed by atoms with E-state index < -0.39 is 53.3 Å². The number of ether oxygens (including phenoxy) is 4. The smallest absolute Gasteiger partial charge is 0.358 e. The van der Waals surface area contributed by atoms with Gasteiger partial charge in [-0.25, -0.2) is 4.39 Å². The van der Waals surface area contributed by atoms with Crippen molar-refractivity contribution in [3.8, 4) is 11.5 Å². The van der Waals surface area contributed by atoms with Gasteiger partial charge < -0.3 is 34.3 Å². The molecule has 2 aromatic rings. The molecule has 1 heterocycles. The van der Waals surface area contributed by atoms with E-state index in [0.29, 0.717) is 0 Å². The van der Waals surface area contributed by atoms with Gasteiger partial charge in [-0.05, 0) is 36.4 Å². The molecule has 0 bridgehead atoms. The summed E-state index contributed by atoms with van der Waals surface area (Å²) in [6.45, 7) is -0.618. The van der Waals surface area contributed by atoms with Crippen molar-refractivity contribution in [1.29, 1.82) is 0 Å². The Kier molecular flexibility index (Phi) is 7.30. The summed E-state index contributed by atoms with van der Waals surface area (Å²) in [5.41, 5.74) is -0.152. The summed E-state index contributed by atoms with van der Waals surface area (Å²) < 4.78 is 34.5. The molecule has 1 aliphatic heterocycles. The maximum atomic E-state index is 13.1. The van der Waals surface area contributed by atoms with E-state index in [4.69, 9.17) is 31.2 Å². The number of nitro groups is 1. The number of non-ortho nitro benzene ring substituents is 1. The first-order valence-corrected chi connectivity index (χ1v) is 9.37. The highest BCUT2D eigenvalue weighted by Crippen LogP contribution is 2.27. The van der Waals surface area contributed by atoms with Gasteiger partial charge in [0.2, 0.25) is 6.29 Å². The Bertz CT molecular complexity index is 912. The van der Waals surface area contributed by atoms with Gasteiger partial charge in [0.15, 0.2) is 12.2 Å². The minimum absolute atomic E-state index is 0.129. The number of nitro benzene ring substituents is 1. The van der Waals surface area contributed by atoms with Gasteiger partial charge in [0.05, 0.1) is 11.5 Å². The summed E-state index contributed by atoms with van der Waals surface area (Å²) in [7, 11) is 0. The molecule has 1 saturated heterocycles. The lowest BCUT2D eigenvalue weighted by Gasteiger charge is -2.41. The van der Waals surface area contributed by atoms with Crippen LogP contribution in [0.5, 0.6) is 11.5 Å². The zero-order chi connectivity index (χ0) is 22.5. The third-order valence-electron chi connectivity index (χ3n) is 4.37. The van der Waals surface area contributed by atoms with Gasteiger partial charge in [-0.3, -0.25) is 10.1 Å². The lowest BCUT2D eigenvalue weighted by Crippen LogP contribution is -2.61. The lowest BCUT2D eigenvalue weighted by atomic mass is 9.99. The van der Waals surface area contributed by atoms with Gasteiger partial charge in [-0.1, -0.05) is 0 Å². The van der Waals surface area contributed by atoms with Crippen molar-refractivity contribution in [3.05, 3.63) is 64.5 Å². The van der Waals surface area contributed by atoms with Crippen LogP contribution in [0.15, 0.2) is 48.5 Å². The van der Waals surface area contributed by atoms with E-state index in [-0.39, 0.29) is 17.2 Å².